The van der Waals surface area contributed by atoms with E-state index in [1.54, 1.807) is 18.2 Å². The van der Waals surface area contributed by atoms with Gasteiger partial charge >= 0.3 is 0 Å². The highest BCUT2D eigenvalue weighted by atomic mass is 35.5. The van der Waals surface area contributed by atoms with Crippen LogP contribution in [0.2, 0.25) is 10.0 Å². The molecule has 116 valence electrons. The van der Waals surface area contributed by atoms with Gasteiger partial charge in [0.25, 0.3) is 5.91 Å². The van der Waals surface area contributed by atoms with Crippen LogP contribution in [0, 0.1) is 6.92 Å². The minimum Gasteiger partial charge on any atom is -0.480 e. The van der Waals surface area contributed by atoms with Crippen LogP contribution in [0.3, 0.4) is 0 Å². The molecule has 22 heavy (non-hydrogen) atoms. The maximum absolute atomic E-state index is 12.4. The first-order valence-electron chi connectivity index (χ1n) is 6.99. The van der Waals surface area contributed by atoms with Gasteiger partial charge in [0.2, 0.25) is 0 Å². The number of hydrogen-bond acceptors (Lipinski definition) is 2. The average Bonchev–Trinajstić information content (AvgIpc) is 2.49. The van der Waals surface area contributed by atoms with E-state index < -0.39 is 6.10 Å². The molecule has 0 saturated heterocycles. The largest absolute Gasteiger partial charge is 0.480 e. The number of ether oxygens (including phenoxy) is 1. The Kier molecular flexibility index (Phi) is 5.69. The van der Waals surface area contributed by atoms with E-state index in [-0.39, 0.29) is 5.91 Å². The number of carbonyl (C=O) groups excluding carboxylic acids is 1. The number of hydrogen-bond donors (Lipinski definition) is 1. The van der Waals surface area contributed by atoms with Crippen LogP contribution in [0.25, 0.3) is 0 Å². The van der Waals surface area contributed by atoms with Gasteiger partial charge in [-0.25, -0.2) is 0 Å². The van der Waals surface area contributed by atoms with E-state index >= 15 is 0 Å². The molecule has 0 aromatic heterocycles. The van der Waals surface area contributed by atoms with Crippen molar-refractivity contribution in [1.29, 1.82) is 0 Å². The Hall–Kier alpha value is -1.71. The fourth-order valence-electron chi connectivity index (χ4n) is 1.97. The molecule has 1 amide bonds. The monoisotopic (exact) mass is 337 g/mol. The molecule has 0 fully saturated rings. The van der Waals surface area contributed by atoms with Crippen LogP contribution in [-0.2, 0) is 4.79 Å². The van der Waals surface area contributed by atoms with Crippen molar-refractivity contribution >= 4 is 34.8 Å². The average molecular weight is 338 g/mol. The summed E-state index contributed by atoms with van der Waals surface area (Å²) in [4.78, 5) is 12.4. The first-order valence-corrected chi connectivity index (χ1v) is 7.75. The number of anilines is 1. The molecular weight excluding hydrogens is 321 g/mol. The fraction of sp³-hybridized carbons (Fsp3) is 0.235. The van der Waals surface area contributed by atoms with E-state index in [1.807, 2.05) is 38.1 Å². The van der Waals surface area contributed by atoms with Crippen LogP contribution >= 0.6 is 23.2 Å². The molecule has 0 aliphatic heterocycles. The highest BCUT2D eigenvalue weighted by Crippen LogP contribution is 2.26. The molecule has 0 spiro atoms. The quantitative estimate of drug-likeness (QED) is 0.824. The summed E-state index contributed by atoms with van der Waals surface area (Å²) < 4.78 is 5.81. The lowest BCUT2D eigenvalue weighted by atomic mass is 10.2. The summed E-state index contributed by atoms with van der Waals surface area (Å²) in [6.07, 6.45) is -0.0430. The lowest BCUT2D eigenvalue weighted by Gasteiger charge is -2.19. The molecule has 1 unspecified atom stereocenters. The molecule has 0 aliphatic carbocycles. The number of carbonyl (C=O) groups is 1. The topological polar surface area (TPSA) is 38.3 Å². The van der Waals surface area contributed by atoms with Crippen LogP contribution in [0.1, 0.15) is 18.9 Å². The molecule has 5 heteroatoms. The summed E-state index contributed by atoms with van der Waals surface area (Å²) in [5, 5.41) is 3.69. The second kappa shape index (κ2) is 7.52. The molecule has 0 bridgehead atoms. The van der Waals surface area contributed by atoms with E-state index in [1.165, 1.54) is 0 Å². The Balaban J connectivity index is 2.10. The molecule has 2 rings (SSSR count). The van der Waals surface area contributed by atoms with E-state index in [0.717, 1.165) is 5.56 Å². The van der Waals surface area contributed by atoms with Crippen LogP contribution in [-0.4, -0.2) is 12.0 Å². The third kappa shape index (κ3) is 4.15. The van der Waals surface area contributed by atoms with Gasteiger partial charge in [0.15, 0.2) is 6.10 Å². The summed E-state index contributed by atoms with van der Waals surface area (Å²) >= 11 is 11.9. The van der Waals surface area contributed by atoms with Crippen molar-refractivity contribution in [3.05, 3.63) is 58.1 Å². The lowest BCUT2D eigenvalue weighted by Crippen LogP contribution is -2.32. The lowest BCUT2D eigenvalue weighted by molar-refractivity contribution is -0.122. The zero-order valence-corrected chi connectivity index (χ0v) is 13.9. The Morgan fingerprint density at radius 3 is 2.59 bits per heavy atom. The number of rotatable bonds is 5. The normalized spacial score (nSPS) is 11.8. The van der Waals surface area contributed by atoms with E-state index in [4.69, 9.17) is 27.9 Å². The Bertz CT molecular complexity index is 673. The Labute approximate surface area is 140 Å². The molecule has 0 aliphatic rings. The van der Waals surface area contributed by atoms with E-state index in [2.05, 4.69) is 5.32 Å². The van der Waals surface area contributed by atoms with Gasteiger partial charge in [-0.2, -0.15) is 0 Å². The smallest absolute Gasteiger partial charge is 0.265 e. The molecular formula is C17H17Cl2NO2. The summed E-state index contributed by atoms with van der Waals surface area (Å²) in [6, 6.07) is 12.5. The second-order valence-corrected chi connectivity index (χ2v) is 5.74. The predicted octanol–water partition coefficient (Wildman–Crippen LogP) is 5.10. The maximum atomic E-state index is 12.4. The second-order valence-electron chi connectivity index (χ2n) is 4.89. The van der Waals surface area contributed by atoms with Gasteiger partial charge < -0.3 is 10.1 Å². The predicted molar refractivity (Wildman–Crippen MR) is 91.0 cm³/mol. The zero-order chi connectivity index (χ0) is 16.1. The van der Waals surface area contributed by atoms with Crippen molar-refractivity contribution in [2.75, 3.05) is 5.32 Å². The summed E-state index contributed by atoms with van der Waals surface area (Å²) in [5.41, 5.74) is 1.50. The number of amides is 1. The van der Waals surface area contributed by atoms with Crippen LogP contribution < -0.4 is 10.1 Å². The van der Waals surface area contributed by atoms with Crippen LogP contribution in [0.4, 0.5) is 5.69 Å². The first kappa shape index (κ1) is 16.7. The number of benzene rings is 2. The van der Waals surface area contributed by atoms with Gasteiger partial charge in [0.05, 0.1) is 10.7 Å². The number of nitrogens with one attached hydrogen (secondary N) is 1. The van der Waals surface area contributed by atoms with Crippen molar-refractivity contribution in [3.63, 3.8) is 0 Å². The molecule has 0 radical (unpaired) electrons. The summed E-state index contributed by atoms with van der Waals surface area (Å²) in [5.74, 6) is 0.460. The molecule has 1 atom stereocenters. The molecule has 0 saturated carbocycles. The van der Waals surface area contributed by atoms with Crippen molar-refractivity contribution in [2.24, 2.45) is 0 Å². The third-order valence-corrected chi connectivity index (χ3v) is 3.76. The molecule has 1 N–H and O–H groups in total. The van der Waals surface area contributed by atoms with Gasteiger partial charge in [-0.1, -0.05) is 48.3 Å². The number of para-hydroxylation sites is 1. The first-order chi connectivity index (χ1) is 10.5. The minimum atomic E-state index is -0.590. The molecule has 2 aromatic carbocycles. The van der Waals surface area contributed by atoms with Gasteiger partial charge in [0.1, 0.15) is 5.75 Å². The highest BCUT2D eigenvalue weighted by Gasteiger charge is 2.20. The summed E-state index contributed by atoms with van der Waals surface area (Å²) in [6.45, 7) is 3.84. The van der Waals surface area contributed by atoms with Crippen molar-refractivity contribution in [3.8, 4) is 5.75 Å². The maximum Gasteiger partial charge on any atom is 0.265 e. The van der Waals surface area contributed by atoms with Crippen LogP contribution in [0.15, 0.2) is 42.5 Å². The van der Waals surface area contributed by atoms with Crippen molar-refractivity contribution in [1.82, 2.24) is 0 Å². The Morgan fingerprint density at radius 1 is 1.23 bits per heavy atom. The van der Waals surface area contributed by atoms with E-state index in [0.29, 0.717) is 27.9 Å². The van der Waals surface area contributed by atoms with Crippen LogP contribution in [0.5, 0.6) is 5.75 Å². The molecule has 3 nitrogen and oxygen atoms in total. The van der Waals surface area contributed by atoms with E-state index in [9.17, 15) is 4.79 Å². The molecule has 0 heterocycles. The van der Waals surface area contributed by atoms with Gasteiger partial charge in [0, 0.05) is 5.02 Å². The van der Waals surface area contributed by atoms with Gasteiger partial charge in [-0.05, 0) is 43.2 Å². The fourth-order valence-corrected chi connectivity index (χ4v) is 2.42. The van der Waals surface area contributed by atoms with Gasteiger partial charge in [-0.3, -0.25) is 4.79 Å². The number of aryl methyl sites for hydroxylation is 1. The number of halogens is 2. The highest BCUT2D eigenvalue weighted by molar-refractivity contribution is 6.36. The minimum absolute atomic E-state index is 0.241. The third-order valence-electron chi connectivity index (χ3n) is 3.22. The SMILES string of the molecule is CCC(Oc1ccccc1C)C(=O)Nc1ccc(Cl)cc1Cl. The zero-order valence-electron chi connectivity index (χ0n) is 12.4. The van der Waals surface area contributed by atoms with Crippen molar-refractivity contribution < 1.29 is 9.53 Å². The standard InChI is InChI=1S/C17H17Cl2NO2/c1-3-15(22-16-7-5-4-6-11(16)2)17(21)20-14-9-8-12(18)10-13(14)19/h4-10,15H,3H2,1-2H3,(H,20,21). The van der Waals surface area contributed by atoms with Crippen molar-refractivity contribution in [2.45, 2.75) is 26.4 Å². The van der Waals surface area contributed by atoms with Gasteiger partial charge in [-0.15, -0.1) is 0 Å². The molecule has 2 aromatic rings. The Morgan fingerprint density at radius 2 is 1.95 bits per heavy atom. The summed E-state index contributed by atoms with van der Waals surface area (Å²) in [7, 11) is 0.